The van der Waals surface area contributed by atoms with Gasteiger partial charge in [0.1, 0.15) is 16.9 Å². The van der Waals surface area contributed by atoms with E-state index >= 15 is 0 Å². The number of carbonyl (C=O) groups is 1. The maximum atomic E-state index is 11.2. The van der Waals surface area contributed by atoms with Crippen molar-refractivity contribution in [2.75, 3.05) is 7.11 Å². The minimum atomic E-state index is -0.706. The average molecular weight is 280 g/mol. The van der Waals surface area contributed by atoms with Gasteiger partial charge < -0.3 is 4.74 Å². The second-order valence-corrected chi connectivity index (χ2v) is 4.76. The Hall–Kier alpha value is -1.34. The summed E-state index contributed by atoms with van der Waals surface area (Å²) in [6, 6.07) is 7.76. The minimum absolute atomic E-state index is 0.124. The first-order valence-corrected chi connectivity index (χ1v) is 5.68. The first kappa shape index (κ1) is 11.2. The van der Waals surface area contributed by atoms with Crippen molar-refractivity contribution in [2.24, 2.45) is 0 Å². The summed E-state index contributed by atoms with van der Waals surface area (Å²) in [5.41, 5.74) is 0.0855. The van der Waals surface area contributed by atoms with E-state index in [0.29, 0.717) is 5.75 Å². The van der Waals surface area contributed by atoms with Crippen LogP contribution in [-0.2, 0) is 10.2 Å². The summed E-state index contributed by atoms with van der Waals surface area (Å²) >= 11 is 3.42. The molecule has 3 nitrogen and oxygen atoms in total. The molecule has 0 unspecified atom stereocenters. The van der Waals surface area contributed by atoms with Crippen molar-refractivity contribution in [3.63, 3.8) is 0 Å². The fraction of sp³-hybridized carbons (Fsp3) is 0.333. The van der Waals surface area contributed by atoms with Crippen molar-refractivity contribution in [1.82, 2.24) is 0 Å². The van der Waals surface area contributed by atoms with E-state index < -0.39 is 5.41 Å². The number of rotatable bonds is 2. The number of Topliss-reactive ketones (excluding diaryl/α,β-unsaturated/α-hetero) is 1. The van der Waals surface area contributed by atoms with Crippen LogP contribution in [0.15, 0.2) is 22.7 Å². The summed E-state index contributed by atoms with van der Waals surface area (Å²) < 4.78 is 6.07. The van der Waals surface area contributed by atoms with Gasteiger partial charge in [-0.25, -0.2) is 0 Å². The standard InChI is InChI=1S/C12H10BrNO2/c1-16-10-4-2-3-9(13)11(10)12(7-14)5-8(15)6-12/h2-4H,5-6H2,1H3. The number of benzene rings is 1. The number of methoxy groups -OCH3 is 1. The average Bonchev–Trinajstić information content (AvgIpc) is 2.24. The lowest BCUT2D eigenvalue weighted by Gasteiger charge is -2.35. The number of halogens is 1. The lowest BCUT2D eigenvalue weighted by atomic mass is 9.64. The highest BCUT2D eigenvalue weighted by molar-refractivity contribution is 9.10. The Morgan fingerprint density at radius 1 is 1.50 bits per heavy atom. The van der Waals surface area contributed by atoms with E-state index in [1.54, 1.807) is 7.11 Å². The lowest BCUT2D eigenvalue weighted by molar-refractivity contribution is -0.126. The maximum absolute atomic E-state index is 11.2. The third-order valence-electron chi connectivity index (χ3n) is 2.89. The fourth-order valence-corrected chi connectivity index (χ4v) is 2.80. The number of ether oxygens (including phenoxy) is 1. The van der Waals surface area contributed by atoms with Gasteiger partial charge in [0.05, 0.1) is 13.2 Å². The number of hydrogen-bond acceptors (Lipinski definition) is 3. The Morgan fingerprint density at radius 3 is 2.69 bits per heavy atom. The van der Waals surface area contributed by atoms with Crippen LogP contribution in [0, 0.1) is 11.3 Å². The van der Waals surface area contributed by atoms with Gasteiger partial charge in [0.25, 0.3) is 0 Å². The molecule has 82 valence electrons. The molecule has 16 heavy (non-hydrogen) atoms. The van der Waals surface area contributed by atoms with Crippen molar-refractivity contribution in [2.45, 2.75) is 18.3 Å². The van der Waals surface area contributed by atoms with Crippen molar-refractivity contribution in [3.05, 3.63) is 28.2 Å². The highest BCUT2D eigenvalue weighted by atomic mass is 79.9. The molecule has 0 atom stereocenters. The maximum Gasteiger partial charge on any atom is 0.136 e. The minimum Gasteiger partial charge on any atom is -0.496 e. The molecule has 1 fully saturated rings. The van der Waals surface area contributed by atoms with Crippen LogP contribution in [0.25, 0.3) is 0 Å². The number of nitrogens with zero attached hydrogens (tertiary/aromatic N) is 1. The third kappa shape index (κ3) is 1.52. The van der Waals surface area contributed by atoms with Crippen LogP contribution in [0.2, 0.25) is 0 Å². The highest BCUT2D eigenvalue weighted by Crippen LogP contribution is 2.47. The Morgan fingerprint density at radius 2 is 2.19 bits per heavy atom. The molecule has 0 radical (unpaired) electrons. The van der Waals surface area contributed by atoms with Gasteiger partial charge in [0.15, 0.2) is 0 Å². The zero-order valence-electron chi connectivity index (χ0n) is 8.79. The fourth-order valence-electron chi connectivity index (χ4n) is 2.07. The van der Waals surface area contributed by atoms with Crippen molar-refractivity contribution >= 4 is 21.7 Å². The SMILES string of the molecule is COc1cccc(Br)c1C1(C#N)CC(=O)C1. The van der Waals surface area contributed by atoms with Crippen LogP contribution >= 0.6 is 15.9 Å². The summed E-state index contributed by atoms with van der Waals surface area (Å²) in [4.78, 5) is 11.2. The van der Waals surface area contributed by atoms with E-state index in [1.807, 2.05) is 18.2 Å². The number of carbonyl (C=O) groups excluding carboxylic acids is 1. The first-order chi connectivity index (χ1) is 7.63. The molecule has 0 amide bonds. The molecular weight excluding hydrogens is 270 g/mol. The van der Waals surface area contributed by atoms with Gasteiger partial charge in [0, 0.05) is 22.9 Å². The Balaban J connectivity index is 2.55. The summed E-state index contributed by atoms with van der Waals surface area (Å²) in [6.45, 7) is 0. The number of hydrogen-bond donors (Lipinski definition) is 0. The molecule has 1 aromatic rings. The van der Waals surface area contributed by atoms with E-state index in [4.69, 9.17) is 4.74 Å². The predicted octanol–water partition coefficient (Wildman–Crippen LogP) is 2.58. The summed E-state index contributed by atoms with van der Waals surface area (Å²) in [5, 5.41) is 9.27. The smallest absolute Gasteiger partial charge is 0.136 e. The van der Waals surface area contributed by atoms with Gasteiger partial charge in [-0.15, -0.1) is 0 Å². The Labute approximate surface area is 102 Å². The van der Waals surface area contributed by atoms with E-state index in [-0.39, 0.29) is 18.6 Å². The molecule has 4 heteroatoms. The van der Waals surface area contributed by atoms with Gasteiger partial charge in [-0.1, -0.05) is 22.0 Å². The first-order valence-electron chi connectivity index (χ1n) is 4.89. The van der Waals surface area contributed by atoms with Crippen LogP contribution in [0.1, 0.15) is 18.4 Å². The summed E-state index contributed by atoms with van der Waals surface area (Å²) in [7, 11) is 1.57. The third-order valence-corrected chi connectivity index (χ3v) is 3.55. The second kappa shape index (κ2) is 3.91. The molecule has 1 aliphatic rings. The molecule has 0 heterocycles. The van der Waals surface area contributed by atoms with Gasteiger partial charge in [-0.3, -0.25) is 4.79 Å². The zero-order chi connectivity index (χ0) is 11.8. The van der Waals surface area contributed by atoms with E-state index in [2.05, 4.69) is 22.0 Å². The molecule has 1 aliphatic carbocycles. The zero-order valence-corrected chi connectivity index (χ0v) is 10.4. The predicted molar refractivity (Wildman–Crippen MR) is 62.2 cm³/mol. The molecule has 0 aliphatic heterocycles. The molecule has 2 rings (SSSR count). The second-order valence-electron chi connectivity index (χ2n) is 3.90. The van der Waals surface area contributed by atoms with Gasteiger partial charge in [-0.2, -0.15) is 5.26 Å². The summed E-state index contributed by atoms with van der Waals surface area (Å²) in [5.74, 6) is 0.780. The molecular formula is C12H10BrNO2. The largest absolute Gasteiger partial charge is 0.496 e. The Bertz CT molecular complexity index is 482. The highest BCUT2D eigenvalue weighted by Gasteiger charge is 2.48. The van der Waals surface area contributed by atoms with E-state index in [0.717, 1.165) is 10.0 Å². The molecule has 0 bridgehead atoms. The van der Waals surface area contributed by atoms with Crippen LogP contribution in [0.5, 0.6) is 5.75 Å². The van der Waals surface area contributed by atoms with Crippen molar-refractivity contribution in [1.29, 1.82) is 5.26 Å². The molecule has 1 saturated carbocycles. The van der Waals surface area contributed by atoms with Gasteiger partial charge in [0.2, 0.25) is 0 Å². The van der Waals surface area contributed by atoms with E-state index in [1.165, 1.54) is 0 Å². The molecule has 0 N–H and O–H groups in total. The molecule has 0 spiro atoms. The van der Waals surface area contributed by atoms with Crippen LogP contribution in [-0.4, -0.2) is 12.9 Å². The quantitative estimate of drug-likeness (QED) is 0.836. The number of nitriles is 1. The molecule has 0 saturated heterocycles. The molecule has 1 aromatic carbocycles. The molecule has 0 aromatic heterocycles. The van der Waals surface area contributed by atoms with Crippen LogP contribution in [0.3, 0.4) is 0 Å². The van der Waals surface area contributed by atoms with E-state index in [9.17, 15) is 10.1 Å². The van der Waals surface area contributed by atoms with Gasteiger partial charge in [-0.05, 0) is 12.1 Å². The topological polar surface area (TPSA) is 50.1 Å². The summed E-state index contributed by atoms with van der Waals surface area (Å²) in [6.07, 6.45) is 0.560. The van der Waals surface area contributed by atoms with Crippen molar-refractivity contribution in [3.8, 4) is 11.8 Å². The van der Waals surface area contributed by atoms with Crippen LogP contribution in [0.4, 0.5) is 0 Å². The monoisotopic (exact) mass is 279 g/mol. The Kier molecular flexibility index (Phi) is 2.73. The van der Waals surface area contributed by atoms with Crippen LogP contribution < -0.4 is 4.74 Å². The lowest BCUT2D eigenvalue weighted by Crippen LogP contribution is -2.40. The van der Waals surface area contributed by atoms with Gasteiger partial charge >= 0.3 is 0 Å². The normalized spacial score (nSPS) is 17.4. The number of ketones is 1. The van der Waals surface area contributed by atoms with Crippen molar-refractivity contribution < 1.29 is 9.53 Å².